The van der Waals surface area contributed by atoms with Gasteiger partial charge in [0, 0.05) is 6.54 Å². The molecule has 0 saturated heterocycles. The lowest BCUT2D eigenvalue weighted by atomic mass is 10.1. The maximum absolute atomic E-state index is 12.6. The molecule has 0 bridgehead atoms. The summed E-state index contributed by atoms with van der Waals surface area (Å²) in [7, 11) is -3.67. The van der Waals surface area contributed by atoms with Crippen LogP contribution >= 0.6 is 0 Å². The molecule has 1 N–H and O–H groups in total. The molecule has 0 spiro atoms. The van der Waals surface area contributed by atoms with Crippen LogP contribution in [-0.2, 0) is 14.8 Å². The van der Waals surface area contributed by atoms with Crippen molar-refractivity contribution in [3.8, 4) is 0 Å². The highest BCUT2D eigenvalue weighted by atomic mass is 32.2. The predicted octanol–water partition coefficient (Wildman–Crippen LogP) is 2.57. The quantitative estimate of drug-likeness (QED) is 0.838. The maximum Gasteiger partial charge on any atom is 0.243 e. The summed E-state index contributed by atoms with van der Waals surface area (Å²) < 4.78 is 26.4. The molecule has 6 heteroatoms. The molecule has 0 unspecified atom stereocenters. The molecule has 0 saturated carbocycles. The van der Waals surface area contributed by atoms with Crippen LogP contribution in [0.25, 0.3) is 0 Å². The van der Waals surface area contributed by atoms with E-state index in [-0.39, 0.29) is 29.9 Å². The summed E-state index contributed by atoms with van der Waals surface area (Å²) in [6.45, 7) is 3.61. The Hall–Kier alpha value is -2.18. The van der Waals surface area contributed by atoms with E-state index in [0.717, 1.165) is 5.56 Å². The Kier molecular flexibility index (Phi) is 6.11. The van der Waals surface area contributed by atoms with Gasteiger partial charge in [0.05, 0.1) is 17.5 Å². The van der Waals surface area contributed by atoms with E-state index in [0.29, 0.717) is 0 Å². The van der Waals surface area contributed by atoms with E-state index < -0.39 is 10.0 Å². The van der Waals surface area contributed by atoms with Crippen molar-refractivity contribution in [1.82, 2.24) is 9.62 Å². The summed E-state index contributed by atoms with van der Waals surface area (Å²) in [5, 5.41) is 2.84. The fraction of sp³-hybridized carbons (Fsp3) is 0.278. The Morgan fingerprint density at radius 2 is 1.58 bits per heavy atom. The number of carbonyl (C=O) groups is 1. The summed E-state index contributed by atoms with van der Waals surface area (Å²) in [4.78, 5) is 12.4. The zero-order valence-corrected chi connectivity index (χ0v) is 14.7. The molecule has 2 aromatic rings. The number of nitrogens with zero attached hydrogens (tertiary/aromatic N) is 1. The molecular weight excluding hydrogens is 324 g/mol. The lowest BCUT2D eigenvalue weighted by molar-refractivity contribution is -0.121. The second-order valence-electron chi connectivity index (χ2n) is 5.44. The number of hydrogen-bond donors (Lipinski definition) is 1. The molecule has 0 fully saturated rings. The summed E-state index contributed by atoms with van der Waals surface area (Å²) in [6, 6.07) is 17.5. The van der Waals surface area contributed by atoms with Gasteiger partial charge in [-0.25, -0.2) is 8.42 Å². The molecule has 0 aliphatic rings. The van der Waals surface area contributed by atoms with Gasteiger partial charge >= 0.3 is 0 Å². The van der Waals surface area contributed by atoms with Gasteiger partial charge in [-0.1, -0.05) is 55.5 Å². The Bertz CT molecular complexity index is 761. The number of nitrogens with one attached hydrogen (secondary N) is 1. The van der Waals surface area contributed by atoms with Gasteiger partial charge in [0.1, 0.15) is 0 Å². The summed E-state index contributed by atoms with van der Waals surface area (Å²) in [6.07, 6.45) is 0. The zero-order chi connectivity index (χ0) is 17.6. The van der Waals surface area contributed by atoms with Gasteiger partial charge in [0.25, 0.3) is 0 Å². The molecule has 0 radical (unpaired) electrons. The first kappa shape index (κ1) is 18.2. The first-order chi connectivity index (χ1) is 11.4. The van der Waals surface area contributed by atoms with E-state index in [2.05, 4.69) is 5.32 Å². The molecular formula is C18H22N2O3S. The van der Waals surface area contributed by atoms with Crippen molar-refractivity contribution in [3.05, 3.63) is 66.2 Å². The number of hydrogen-bond acceptors (Lipinski definition) is 3. The van der Waals surface area contributed by atoms with Gasteiger partial charge in [-0.3, -0.25) is 4.79 Å². The van der Waals surface area contributed by atoms with Crippen molar-refractivity contribution in [2.24, 2.45) is 0 Å². The van der Waals surface area contributed by atoms with Crippen LogP contribution in [0.2, 0.25) is 0 Å². The second kappa shape index (κ2) is 8.08. The monoisotopic (exact) mass is 346 g/mol. The fourth-order valence-electron chi connectivity index (χ4n) is 2.38. The third-order valence-corrected chi connectivity index (χ3v) is 5.67. The summed E-state index contributed by atoms with van der Waals surface area (Å²) in [5.74, 6) is -0.326. The minimum atomic E-state index is -3.67. The standard InChI is InChI=1S/C18H22N2O3S/c1-3-20(24(22,23)17-12-8-5-9-13-17)14-18(21)19-15(2)16-10-6-4-7-11-16/h4-13,15H,3,14H2,1-2H3,(H,19,21)/t15-/m0/s1. The number of sulfonamides is 1. The van der Waals surface area contributed by atoms with E-state index in [1.54, 1.807) is 25.1 Å². The smallest absolute Gasteiger partial charge is 0.243 e. The molecule has 0 aromatic heterocycles. The van der Waals surface area contributed by atoms with Gasteiger partial charge in [0.15, 0.2) is 0 Å². The molecule has 1 amide bonds. The number of carbonyl (C=O) groups excluding carboxylic acids is 1. The predicted molar refractivity (Wildman–Crippen MR) is 93.9 cm³/mol. The van der Waals surface area contributed by atoms with Crippen molar-refractivity contribution in [2.75, 3.05) is 13.1 Å². The molecule has 128 valence electrons. The first-order valence-corrected chi connectivity index (χ1v) is 9.28. The number of benzene rings is 2. The van der Waals surface area contributed by atoms with Gasteiger partial charge in [-0.05, 0) is 24.6 Å². The van der Waals surface area contributed by atoms with Crippen molar-refractivity contribution in [2.45, 2.75) is 24.8 Å². The maximum atomic E-state index is 12.6. The van der Waals surface area contributed by atoms with Crippen LogP contribution in [0.5, 0.6) is 0 Å². The van der Waals surface area contributed by atoms with Crippen LogP contribution in [0.1, 0.15) is 25.5 Å². The van der Waals surface area contributed by atoms with Gasteiger partial charge < -0.3 is 5.32 Å². The van der Waals surface area contributed by atoms with Crippen molar-refractivity contribution < 1.29 is 13.2 Å². The number of rotatable bonds is 7. The van der Waals surface area contributed by atoms with Gasteiger partial charge in [-0.2, -0.15) is 4.31 Å². The largest absolute Gasteiger partial charge is 0.348 e. The van der Waals surface area contributed by atoms with Crippen LogP contribution in [0.15, 0.2) is 65.6 Å². The number of amides is 1. The van der Waals surface area contributed by atoms with Crippen molar-refractivity contribution in [3.63, 3.8) is 0 Å². The first-order valence-electron chi connectivity index (χ1n) is 7.84. The van der Waals surface area contributed by atoms with Gasteiger partial charge in [0.2, 0.25) is 15.9 Å². The van der Waals surface area contributed by atoms with Crippen LogP contribution < -0.4 is 5.32 Å². The van der Waals surface area contributed by atoms with E-state index in [4.69, 9.17) is 0 Å². The Balaban J connectivity index is 2.06. The lowest BCUT2D eigenvalue weighted by Gasteiger charge is -2.21. The minimum absolute atomic E-state index is 0.183. The second-order valence-corrected chi connectivity index (χ2v) is 7.38. The number of likely N-dealkylation sites (N-methyl/N-ethyl adjacent to an activating group) is 1. The van der Waals surface area contributed by atoms with Crippen LogP contribution in [-0.4, -0.2) is 31.7 Å². The van der Waals surface area contributed by atoms with Crippen LogP contribution in [0.3, 0.4) is 0 Å². The van der Waals surface area contributed by atoms with E-state index in [1.807, 2.05) is 37.3 Å². The average Bonchev–Trinajstić information content (AvgIpc) is 2.61. The molecule has 0 aliphatic carbocycles. The topological polar surface area (TPSA) is 66.5 Å². The summed E-state index contributed by atoms with van der Waals surface area (Å²) in [5.41, 5.74) is 0.972. The minimum Gasteiger partial charge on any atom is -0.348 e. The van der Waals surface area contributed by atoms with Gasteiger partial charge in [-0.15, -0.1) is 0 Å². The van der Waals surface area contributed by atoms with Crippen molar-refractivity contribution in [1.29, 1.82) is 0 Å². The van der Waals surface area contributed by atoms with Crippen LogP contribution in [0.4, 0.5) is 0 Å². The molecule has 0 heterocycles. The Labute approximate surface area is 143 Å². The normalized spacial score (nSPS) is 12.8. The van der Waals surface area contributed by atoms with E-state index in [1.165, 1.54) is 16.4 Å². The average molecular weight is 346 g/mol. The highest BCUT2D eigenvalue weighted by Gasteiger charge is 2.25. The molecule has 24 heavy (non-hydrogen) atoms. The SMILES string of the molecule is CCN(CC(=O)N[C@@H](C)c1ccccc1)S(=O)(=O)c1ccccc1. The zero-order valence-electron chi connectivity index (χ0n) is 13.8. The fourth-order valence-corrected chi connectivity index (χ4v) is 3.81. The highest BCUT2D eigenvalue weighted by molar-refractivity contribution is 7.89. The third-order valence-electron chi connectivity index (χ3n) is 3.73. The Morgan fingerprint density at radius 1 is 1.04 bits per heavy atom. The highest BCUT2D eigenvalue weighted by Crippen LogP contribution is 2.15. The van der Waals surface area contributed by atoms with Crippen LogP contribution in [0, 0.1) is 0 Å². The molecule has 1 atom stereocenters. The molecule has 2 rings (SSSR count). The lowest BCUT2D eigenvalue weighted by Crippen LogP contribution is -2.41. The molecule has 2 aromatic carbocycles. The molecule has 5 nitrogen and oxygen atoms in total. The molecule has 0 aliphatic heterocycles. The van der Waals surface area contributed by atoms with Crippen molar-refractivity contribution >= 4 is 15.9 Å². The van der Waals surface area contributed by atoms with E-state index in [9.17, 15) is 13.2 Å². The summed E-state index contributed by atoms with van der Waals surface area (Å²) >= 11 is 0. The van der Waals surface area contributed by atoms with E-state index >= 15 is 0 Å². The third kappa shape index (κ3) is 4.43. The Morgan fingerprint density at radius 3 is 2.12 bits per heavy atom.